The lowest BCUT2D eigenvalue weighted by Gasteiger charge is -2.28. The molecule has 1 fully saturated rings. The molecule has 16 heavy (non-hydrogen) atoms. The van der Waals surface area contributed by atoms with E-state index in [4.69, 9.17) is 4.74 Å². The molecule has 0 saturated heterocycles. The molecule has 0 aromatic rings. The summed E-state index contributed by atoms with van der Waals surface area (Å²) in [5.41, 5.74) is 0. The van der Waals surface area contributed by atoms with Crippen molar-refractivity contribution in [3.05, 3.63) is 0 Å². The van der Waals surface area contributed by atoms with E-state index in [1.165, 1.54) is 6.26 Å². The highest BCUT2D eigenvalue weighted by atomic mass is 32.2. The van der Waals surface area contributed by atoms with Gasteiger partial charge in [0.05, 0.1) is 11.9 Å². The van der Waals surface area contributed by atoms with Gasteiger partial charge in [-0.3, -0.25) is 4.90 Å². The number of hydrogen-bond acceptors (Lipinski definition) is 4. The van der Waals surface area contributed by atoms with E-state index in [1.807, 2.05) is 14.0 Å². The quantitative estimate of drug-likeness (QED) is 0.657. The van der Waals surface area contributed by atoms with Gasteiger partial charge in [-0.25, -0.2) is 8.42 Å². The third kappa shape index (κ3) is 3.71. The van der Waals surface area contributed by atoms with Crippen molar-refractivity contribution >= 4 is 9.84 Å². The summed E-state index contributed by atoms with van der Waals surface area (Å²) >= 11 is 0. The van der Waals surface area contributed by atoms with Gasteiger partial charge in [-0.15, -0.1) is 0 Å². The van der Waals surface area contributed by atoms with Crippen molar-refractivity contribution in [1.82, 2.24) is 4.90 Å². The molecular formula is C11H23NO3S. The van der Waals surface area contributed by atoms with E-state index in [-0.39, 0.29) is 11.3 Å². The fraction of sp³-hybridized carbons (Fsp3) is 1.00. The van der Waals surface area contributed by atoms with Crippen LogP contribution in [0.15, 0.2) is 0 Å². The van der Waals surface area contributed by atoms with Gasteiger partial charge in [-0.2, -0.15) is 0 Å². The van der Waals surface area contributed by atoms with Crippen molar-refractivity contribution in [2.45, 2.75) is 37.5 Å². The van der Waals surface area contributed by atoms with Crippen molar-refractivity contribution in [3.63, 3.8) is 0 Å². The first kappa shape index (κ1) is 13.9. The standard InChI is InChI=1S/C11H23NO3S/c1-4-15-9-8-12(2)10-6-5-7-11(10)16(3,13)14/h10-11H,4-9H2,1-3H3/t10-,11+/m1/s1. The molecule has 0 N–H and O–H groups in total. The maximum absolute atomic E-state index is 11.6. The van der Waals surface area contributed by atoms with Gasteiger partial charge in [0.1, 0.15) is 0 Å². The van der Waals surface area contributed by atoms with E-state index in [0.29, 0.717) is 13.2 Å². The molecule has 0 heterocycles. The third-order valence-corrected chi connectivity index (χ3v) is 4.98. The lowest BCUT2D eigenvalue weighted by atomic mass is 10.2. The number of nitrogens with zero attached hydrogens (tertiary/aromatic N) is 1. The van der Waals surface area contributed by atoms with Crippen LogP contribution in [-0.2, 0) is 14.6 Å². The number of likely N-dealkylation sites (N-methyl/N-ethyl adjacent to an activating group) is 1. The fourth-order valence-corrected chi connectivity index (χ4v) is 3.94. The summed E-state index contributed by atoms with van der Waals surface area (Å²) in [5, 5.41) is -0.181. The Labute approximate surface area is 98.9 Å². The monoisotopic (exact) mass is 249 g/mol. The largest absolute Gasteiger partial charge is 0.380 e. The molecule has 1 rings (SSSR count). The molecule has 4 nitrogen and oxygen atoms in total. The first-order chi connectivity index (χ1) is 7.46. The van der Waals surface area contributed by atoms with Crippen molar-refractivity contribution in [2.24, 2.45) is 0 Å². The van der Waals surface area contributed by atoms with Crippen LogP contribution in [-0.4, -0.2) is 57.7 Å². The lowest BCUT2D eigenvalue weighted by molar-refractivity contribution is 0.108. The number of hydrogen-bond donors (Lipinski definition) is 0. The van der Waals surface area contributed by atoms with Gasteiger partial charge in [0.15, 0.2) is 9.84 Å². The summed E-state index contributed by atoms with van der Waals surface area (Å²) in [6.07, 6.45) is 4.16. The summed E-state index contributed by atoms with van der Waals surface area (Å²) in [5.74, 6) is 0. The van der Waals surface area contributed by atoms with Gasteiger partial charge >= 0.3 is 0 Å². The molecule has 0 bridgehead atoms. The zero-order valence-corrected chi connectivity index (χ0v) is 11.3. The average Bonchev–Trinajstić information content (AvgIpc) is 2.65. The Morgan fingerprint density at radius 3 is 2.62 bits per heavy atom. The molecule has 0 aromatic heterocycles. The smallest absolute Gasteiger partial charge is 0.151 e. The third-order valence-electron chi connectivity index (χ3n) is 3.33. The van der Waals surface area contributed by atoms with Crippen molar-refractivity contribution < 1.29 is 13.2 Å². The van der Waals surface area contributed by atoms with Crippen molar-refractivity contribution in [2.75, 3.05) is 33.1 Å². The Bertz CT molecular complexity index is 302. The van der Waals surface area contributed by atoms with Gasteiger partial charge in [-0.05, 0) is 26.8 Å². The van der Waals surface area contributed by atoms with Crippen LogP contribution in [0.25, 0.3) is 0 Å². The van der Waals surface area contributed by atoms with Crippen LogP contribution in [0.2, 0.25) is 0 Å². The molecule has 0 unspecified atom stereocenters. The number of ether oxygens (including phenoxy) is 1. The topological polar surface area (TPSA) is 46.6 Å². The van der Waals surface area contributed by atoms with Crippen LogP contribution < -0.4 is 0 Å². The second-order valence-electron chi connectivity index (χ2n) is 4.54. The van der Waals surface area contributed by atoms with Gasteiger partial charge in [0, 0.05) is 25.4 Å². The summed E-state index contributed by atoms with van der Waals surface area (Å²) in [4.78, 5) is 2.13. The first-order valence-corrected chi connectivity index (χ1v) is 7.89. The Hall–Kier alpha value is -0.130. The second kappa shape index (κ2) is 5.98. The molecule has 1 saturated carbocycles. The van der Waals surface area contributed by atoms with Crippen LogP contribution in [0.1, 0.15) is 26.2 Å². The second-order valence-corrected chi connectivity index (χ2v) is 6.81. The minimum absolute atomic E-state index is 0.176. The van der Waals surface area contributed by atoms with E-state index < -0.39 is 9.84 Å². The van der Waals surface area contributed by atoms with E-state index in [2.05, 4.69) is 4.90 Å². The normalized spacial score (nSPS) is 26.5. The van der Waals surface area contributed by atoms with E-state index in [0.717, 1.165) is 25.8 Å². The Morgan fingerprint density at radius 1 is 1.38 bits per heavy atom. The molecule has 0 amide bonds. The molecule has 1 aliphatic rings. The first-order valence-electron chi connectivity index (χ1n) is 5.93. The van der Waals surface area contributed by atoms with Crippen LogP contribution in [0.3, 0.4) is 0 Å². The minimum Gasteiger partial charge on any atom is -0.380 e. The van der Waals surface area contributed by atoms with E-state index in [1.54, 1.807) is 0 Å². The maximum atomic E-state index is 11.6. The van der Waals surface area contributed by atoms with E-state index in [9.17, 15) is 8.42 Å². The van der Waals surface area contributed by atoms with Gasteiger partial charge in [0.2, 0.25) is 0 Å². The lowest BCUT2D eigenvalue weighted by Crippen LogP contribution is -2.42. The molecule has 0 radical (unpaired) electrons. The minimum atomic E-state index is -2.91. The molecule has 0 spiro atoms. The van der Waals surface area contributed by atoms with Crippen LogP contribution in [0, 0.1) is 0 Å². The summed E-state index contributed by atoms with van der Waals surface area (Å²) in [7, 11) is -0.917. The van der Waals surface area contributed by atoms with Crippen molar-refractivity contribution in [1.29, 1.82) is 0 Å². The highest BCUT2D eigenvalue weighted by molar-refractivity contribution is 7.91. The fourth-order valence-electron chi connectivity index (χ4n) is 2.43. The zero-order chi connectivity index (χ0) is 12.2. The highest BCUT2D eigenvalue weighted by Crippen LogP contribution is 2.28. The Kier molecular flexibility index (Phi) is 5.21. The van der Waals surface area contributed by atoms with Crippen LogP contribution >= 0.6 is 0 Å². The Morgan fingerprint density at radius 2 is 2.06 bits per heavy atom. The molecule has 2 atom stereocenters. The molecule has 0 aliphatic heterocycles. The van der Waals surface area contributed by atoms with Crippen molar-refractivity contribution in [3.8, 4) is 0 Å². The molecule has 1 aliphatic carbocycles. The summed E-state index contributed by atoms with van der Waals surface area (Å²) in [6, 6.07) is 0.176. The molecule has 96 valence electrons. The predicted octanol–water partition coefficient (Wildman–Crippen LogP) is 0.920. The number of rotatable bonds is 6. The average molecular weight is 249 g/mol. The summed E-state index contributed by atoms with van der Waals surface area (Å²) < 4.78 is 28.5. The zero-order valence-electron chi connectivity index (χ0n) is 10.5. The van der Waals surface area contributed by atoms with Gasteiger partial charge in [-0.1, -0.05) is 6.42 Å². The predicted molar refractivity (Wildman–Crippen MR) is 65.4 cm³/mol. The molecule has 0 aromatic carbocycles. The highest BCUT2D eigenvalue weighted by Gasteiger charge is 2.36. The SMILES string of the molecule is CCOCCN(C)[C@@H]1CCC[C@@H]1S(C)(=O)=O. The van der Waals surface area contributed by atoms with E-state index >= 15 is 0 Å². The number of sulfone groups is 1. The Balaban J connectivity index is 2.51. The maximum Gasteiger partial charge on any atom is 0.151 e. The van der Waals surface area contributed by atoms with Crippen LogP contribution in [0.4, 0.5) is 0 Å². The van der Waals surface area contributed by atoms with Gasteiger partial charge < -0.3 is 4.74 Å². The van der Waals surface area contributed by atoms with Gasteiger partial charge in [0.25, 0.3) is 0 Å². The van der Waals surface area contributed by atoms with Crippen LogP contribution in [0.5, 0.6) is 0 Å². The molecular weight excluding hydrogens is 226 g/mol. The summed E-state index contributed by atoms with van der Waals surface area (Å²) in [6.45, 7) is 4.17. The molecule has 5 heteroatoms.